The van der Waals surface area contributed by atoms with Gasteiger partial charge in [0.2, 0.25) is 0 Å². The van der Waals surface area contributed by atoms with Crippen molar-refractivity contribution in [1.29, 1.82) is 0 Å². The highest BCUT2D eigenvalue weighted by Gasteiger charge is 2.21. The molecule has 0 fully saturated rings. The topological polar surface area (TPSA) is 4.93 Å². The van der Waals surface area contributed by atoms with Crippen molar-refractivity contribution < 1.29 is 0 Å². The number of hydrogen-bond donors (Lipinski definition) is 0. The van der Waals surface area contributed by atoms with E-state index >= 15 is 0 Å². The Morgan fingerprint density at radius 1 is 0.205 bits per heavy atom. The van der Waals surface area contributed by atoms with E-state index in [-0.39, 0.29) is 0 Å². The standard InChI is InChI=1S/C77H49N/c1-4-14-64-59(11-1)43-62-44-63(39-40-67(62)64)78-76-41-37-57(53-25-21-49(22-26-53)51-29-33-55(34-30-51)72-47-60-12-2-5-15-65(60)68-17-7-9-19-70(68)72)45-74(76)75-46-58(38-42-77(75)78)54-27-23-50(24-28-54)52-31-35-56(36-32-52)73-48-61-13-3-6-16-66(61)69-18-8-10-20-71(69)73/h1-42,44-48H,43H2. The molecule has 0 amide bonds. The van der Waals surface area contributed by atoms with Crippen LogP contribution in [0.1, 0.15) is 11.1 Å². The Bertz CT molecular complexity index is 4620. The molecule has 1 heteroatoms. The summed E-state index contributed by atoms with van der Waals surface area (Å²) in [4.78, 5) is 0. The van der Waals surface area contributed by atoms with Crippen molar-refractivity contribution in [3.8, 4) is 83.6 Å². The molecular weight excluding hydrogens is 939 g/mol. The number of fused-ring (bicyclic) bond motifs is 12. The molecule has 78 heavy (non-hydrogen) atoms. The van der Waals surface area contributed by atoms with Gasteiger partial charge < -0.3 is 4.57 Å². The zero-order valence-electron chi connectivity index (χ0n) is 42.8. The molecule has 1 aliphatic rings. The van der Waals surface area contributed by atoms with Crippen LogP contribution in [0.4, 0.5) is 0 Å². The van der Waals surface area contributed by atoms with E-state index in [1.165, 1.54) is 160 Å². The Morgan fingerprint density at radius 2 is 0.564 bits per heavy atom. The lowest BCUT2D eigenvalue weighted by Crippen LogP contribution is -1.95. The van der Waals surface area contributed by atoms with Crippen LogP contribution in [-0.2, 0) is 6.42 Å². The van der Waals surface area contributed by atoms with Crippen LogP contribution in [-0.4, -0.2) is 4.57 Å². The van der Waals surface area contributed by atoms with Gasteiger partial charge in [-0.1, -0.05) is 237 Å². The van der Waals surface area contributed by atoms with Crippen LogP contribution in [0.3, 0.4) is 0 Å². The largest absolute Gasteiger partial charge is 0.309 e. The van der Waals surface area contributed by atoms with Gasteiger partial charge in [-0.05, 0) is 187 Å². The Morgan fingerprint density at radius 3 is 1.04 bits per heavy atom. The van der Waals surface area contributed by atoms with Gasteiger partial charge in [0, 0.05) is 16.5 Å². The minimum Gasteiger partial charge on any atom is -0.309 e. The highest BCUT2D eigenvalue weighted by Crippen LogP contribution is 2.43. The van der Waals surface area contributed by atoms with E-state index in [9.17, 15) is 0 Å². The summed E-state index contributed by atoms with van der Waals surface area (Å²) in [5.74, 6) is 0. The average Bonchev–Trinajstić information content (AvgIpc) is 4.09. The predicted molar refractivity (Wildman–Crippen MR) is 332 cm³/mol. The molecule has 0 bridgehead atoms. The van der Waals surface area contributed by atoms with Crippen molar-refractivity contribution in [2.24, 2.45) is 0 Å². The molecule has 14 aromatic carbocycles. The Labute approximate surface area is 453 Å². The molecule has 0 aliphatic heterocycles. The Balaban J connectivity index is 0.737. The summed E-state index contributed by atoms with van der Waals surface area (Å²) in [6.45, 7) is 0. The second-order valence-electron chi connectivity index (χ2n) is 21.2. The molecular formula is C77H49N. The number of rotatable bonds is 7. The summed E-state index contributed by atoms with van der Waals surface area (Å²) < 4.78 is 2.47. The molecule has 0 saturated carbocycles. The number of aromatic nitrogens is 1. The average molecular weight is 988 g/mol. The van der Waals surface area contributed by atoms with Gasteiger partial charge in [0.15, 0.2) is 0 Å². The van der Waals surface area contributed by atoms with Crippen molar-refractivity contribution >= 4 is 64.9 Å². The number of nitrogens with zero attached hydrogens (tertiary/aromatic N) is 1. The molecule has 362 valence electrons. The van der Waals surface area contributed by atoms with Crippen LogP contribution in [0.2, 0.25) is 0 Å². The second-order valence-corrected chi connectivity index (χ2v) is 21.2. The van der Waals surface area contributed by atoms with E-state index in [0.29, 0.717) is 0 Å². The first-order valence-corrected chi connectivity index (χ1v) is 27.2. The molecule has 16 rings (SSSR count). The van der Waals surface area contributed by atoms with Gasteiger partial charge in [-0.3, -0.25) is 0 Å². The SMILES string of the molecule is c1ccc2c(c1)Cc1cc(-n3c4ccc(-c5ccc(-c6ccc(-c7cc8ccccc8c8ccccc78)cc6)cc5)cc4c4cc(-c5ccc(-c6ccc(-c7cc8ccccc8c8ccccc78)cc6)cc5)ccc43)ccc1-2. The molecule has 15 aromatic rings. The van der Waals surface area contributed by atoms with Crippen LogP contribution in [0.25, 0.3) is 148 Å². The molecule has 1 aromatic heterocycles. The van der Waals surface area contributed by atoms with Gasteiger partial charge in [-0.2, -0.15) is 0 Å². The quantitative estimate of drug-likeness (QED) is 0.140. The number of hydrogen-bond acceptors (Lipinski definition) is 0. The Hall–Kier alpha value is -10.1. The van der Waals surface area contributed by atoms with Crippen LogP contribution in [0.5, 0.6) is 0 Å². The summed E-state index contributed by atoms with van der Waals surface area (Å²) in [6.07, 6.45) is 0.953. The third kappa shape index (κ3) is 7.24. The zero-order valence-corrected chi connectivity index (χ0v) is 42.8. The lowest BCUT2D eigenvalue weighted by molar-refractivity contribution is 1.16. The summed E-state index contributed by atoms with van der Waals surface area (Å²) in [5, 5.41) is 12.7. The van der Waals surface area contributed by atoms with E-state index < -0.39 is 0 Å². The highest BCUT2D eigenvalue weighted by molar-refractivity contribution is 6.15. The first-order chi connectivity index (χ1) is 38.6. The van der Waals surface area contributed by atoms with Crippen LogP contribution < -0.4 is 0 Å². The smallest absolute Gasteiger partial charge is 0.0541 e. The second kappa shape index (κ2) is 17.8. The fourth-order valence-corrected chi connectivity index (χ4v) is 12.9. The monoisotopic (exact) mass is 987 g/mol. The van der Waals surface area contributed by atoms with Gasteiger partial charge in [0.25, 0.3) is 0 Å². The van der Waals surface area contributed by atoms with Crippen LogP contribution in [0.15, 0.2) is 285 Å². The predicted octanol–water partition coefficient (Wildman–Crippen LogP) is 21.0. The van der Waals surface area contributed by atoms with E-state index in [1.807, 2.05) is 0 Å². The highest BCUT2D eigenvalue weighted by atomic mass is 15.0. The van der Waals surface area contributed by atoms with Crippen molar-refractivity contribution in [2.45, 2.75) is 6.42 Å². The summed E-state index contributed by atoms with van der Waals surface area (Å²) in [5.41, 5.74) is 23.6. The molecule has 1 heterocycles. The van der Waals surface area contributed by atoms with Gasteiger partial charge in [0.05, 0.1) is 11.0 Å². The molecule has 0 saturated heterocycles. The van der Waals surface area contributed by atoms with E-state index in [1.54, 1.807) is 0 Å². The van der Waals surface area contributed by atoms with Gasteiger partial charge >= 0.3 is 0 Å². The maximum Gasteiger partial charge on any atom is 0.0541 e. The lowest BCUT2D eigenvalue weighted by atomic mass is 9.92. The van der Waals surface area contributed by atoms with Crippen molar-refractivity contribution in [1.82, 2.24) is 4.57 Å². The summed E-state index contributed by atoms with van der Waals surface area (Å²) >= 11 is 0. The van der Waals surface area contributed by atoms with Gasteiger partial charge in [-0.25, -0.2) is 0 Å². The fourth-order valence-electron chi connectivity index (χ4n) is 12.9. The van der Waals surface area contributed by atoms with Gasteiger partial charge in [0.1, 0.15) is 0 Å². The van der Waals surface area contributed by atoms with E-state index in [2.05, 4.69) is 290 Å². The number of benzene rings is 14. The van der Waals surface area contributed by atoms with E-state index in [0.717, 1.165) is 6.42 Å². The maximum absolute atomic E-state index is 2.47. The first-order valence-electron chi connectivity index (χ1n) is 27.2. The minimum atomic E-state index is 0.953. The Kier molecular flexibility index (Phi) is 10.1. The summed E-state index contributed by atoms with van der Waals surface area (Å²) in [7, 11) is 0. The van der Waals surface area contributed by atoms with Crippen molar-refractivity contribution in [3.05, 3.63) is 296 Å². The molecule has 0 atom stereocenters. The molecule has 1 aliphatic carbocycles. The van der Waals surface area contributed by atoms with Crippen molar-refractivity contribution in [3.63, 3.8) is 0 Å². The molecule has 0 spiro atoms. The van der Waals surface area contributed by atoms with Crippen LogP contribution in [0, 0.1) is 0 Å². The third-order valence-electron chi connectivity index (χ3n) is 16.8. The molecule has 0 N–H and O–H groups in total. The van der Waals surface area contributed by atoms with E-state index in [4.69, 9.17) is 0 Å². The lowest BCUT2D eigenvalue weighted by Gasteiger charge is -2.12. The molecule has 0 radical (unpaired) electrons. The third-order valence-corrected chi connectivity index (χ3v) is 16.8. The molecule has 1 nitrogen and oxygen atoms in total. The van der Waals surface area contributed by atoms with Crippen molar-refractivity contribution in [2.75, 3.05) is 0 Å². The van der Waals surface area contributed by atoms with Gasteiger partial charge in [-0.15, -0.1) is 0 Å². The minimum absolute atomic E-state index is 0.953. The molecule has 0 unspecified atom stereocenters. The van der Waals surface area contributed by atoms with Crippen LogP contribution >= 0.6 is 0 Å². The summed E-state index contributed by atoms with van der Waals surface area (Å²) in [6, 6.07) is 106. The maximum atomic E-state index is 2.47. The first kappa shape index (κ1) is 44.2. The zero-order chi connectivity index (χ0) is 51.3. The normalized spacial score (nSPS) is 12.1. The fraction of sp³-hybridized carbons (Fsp3) is 0.0130.